The third-order valence-electron chi connectivity index (χ3n) is 4.09. The number of hydrogen-bond donors (Lipinski definition) is 1. The summed E-state index contributed by atoms with van der Waals surface area (Å²) in [4.78, 5) is 10.9. The average molecular weight is 234 g/mol. The molecule has 0 bridgehead atoms. The first-order chi connectivity index (χ1) is 7.91. The smallest absolute Gasteiger partial charge is 0.275 e. The van der Waals surface area contributed by atoms with Crippen molar-refractivity contribution in [2.75, 3.05) is 6.54 Å². The first-order valence-corrected chi connectivity index (χ1v) is 5.85. The Morgan fingerprint density at radius 3 is 2.59 bits per heavy atom. The Morgan fingerprint density at radius 2 is 2.12 bits per heavy atom. The standard InChI is InChI=1S/C13H18N2O2/c1-8-5-4-6-9(12(8)15(16)17)11-10(7-14)13(11,2)3/h4-6,10-11H,7,14H2,1-3H3. The largest absolute Gasteiger partial charge is 0.330 e. The zero-order chi connectivity index (χ0) is 12.8. The second kappa shape index (κ2) is 3.81. The van der Waals surface area contributed by atoms with Crippen molar-refractivity contribution in [1.82, 2.24) is 0 Å². The molecule has 92 valence electrons. The molecule has 2 N–H and O–H groups in total. The summed E-state index contributed by atoms with van der Waals surface area (Å²) in [6.07, 6.45) is 0. The first kappa shape index (κ1) is 12.0. The SMILES string of the molecule is Cc1cccc(C2C(CN)C2(C)C)c1[N+](=O)[O-]. The van der Waals surface area contributed by atoms with Gasteiger partial charge in [0.2, 0.25) is 0 Å². The summed E-state index contributed by atoms with van der Waals surface area (Å²) < 4.78 is 0. The highest BCUT2D eigenvalue weighted by molar-refractivity contribution is 5.52. The van der Waals surface area contributed by atoms with E-state index in [2.05, 4.69) is 13.8 Å². The lowest BCUT2D eigenvalue weighted by Crippen LogP contribution is -2.05. The zero-order valence-electron chi connectivity index (χ0n) is 10.4. The number of nitrogens with two attached hydrogens (primary N) is 1. The molecule has 1 aliphatic rings. The van der Waals surface area contributed by atoms with Crippen LogP contribution in [0.2, 0.25) is 0 Å². The Morgan fingerprint density at radius 1 is 1.47 bits per heavy atom. The van der Waals surface area contributed by atoms with Gasteiger partial charge in [-0.15, -0.1) is 0 Å². The molecule has 2 rings (SSSR count). The monoisotopic (exact) mass is 234 g/mol. The predicted octanol–water partition coefficient (Wildman–Crippen LogP) is 2.60. The molecule has 0 aromatic heterocycles. The Kier molecular flexibility index (Phi) is 2.70. The van der Waals surface area contributed by atoms with Crippen molar-refractivity contribution in [3.8, 4) is 0 Å². The van der Waals surface area contributed by atoms with Crippen LogP contribution >= 0.6 is 0 Å². The van der Waals surface area contributed by atoms with E-state index in [0.29, 0.717) is 12.5 Å². The van der Waals surface area contributed by atoms with Crippen LogP contribution in [0.1, 0.15) is 30.9 Å². The average Bonchev–Trinajstić information content (AvgIpc) is 2.79. The number of rotatable bonds is 3. The van der Waals surface area contributed by atoms with Gasteiger partial charge in [-0.05, 0) is 24.8 Å². The Bertz CT molecular complexity index is 468. The van der Waals surface area contributed by atoms with Crippen molar-refractivity contribution < 1.29 is 4.92 Å². The number of hydrogen-bond acceptors (Lipinski definition) is 3. The number of aryl methyl sites for hydroxylation is 1. The number of nitrogens with zero attached hydrogens (tertiary/aromatic N) is 1. The number of nitro groups is 1. The van der Waals surface area contributed by atoms with E-state index in [1.165, 1.54) is 0 Å². The summed E-state index contributed by atoms with van der Waals surface area (Å²) >= 11 is 0. The molecule has 0 spiro atoms. The molecule has 0 radical (unpaired) electrons. The predicted molar refractivity (Wildman–Crippen MR) is 66.9 cm³/mol. The van der Waals surface area contributed by atoms with Crippen LogP contribution in [0, 0.1) is 28.4 Å². The fourth-order valence-corrected chi connectivity index (χ4v) is 2.98. The molecule has 1 aliphatic carbocycles. The van der Waals surface area contributed by atoms with Crippen molar-refractivity contribution in [3.05, 3.63) is 39.4 Å². The molecular formula is C13H18N2O2. The van der Waals surface area contributed by atoms with E-state index in [9.17, 15) is 10.1 Å². The minimum atomic E-state index is -0.271. The Labute approximate surface area is 101 Å². The van der Waals surface area contributed by atoms with Crippen LogP contribution in [-0.4, -0.2) is 11.5 Å². The molecule has 2 unspecified atom stereocenters. The van der Waals surface area contributed by atoms with Crippen molar-refractivity contribution in [2.24, 2.45) is 17.1 Å². The van der Waals surface area contributed by atoms with Gasteiger partial charge in [0.1, 0.15) is 0 Å². The third kappa shape index (κ3) is 1.72. The van der Waals surface area contributed by atoms with Gasteiger partial charge >= 0.3 is 0 Å². The second-order valence-electron chi connectivity index (χ2n) is 5.41. The summed E-state index contributed by atoms with van der Waals surface area (Å²) in [5, 5.41) is 11.2. The van der Waals surface area contributed by atoms with E-state index in [0.717, 1.165) is 11.1 Å². The normalized spacial score (nSPS) is 25.6. The molecule has 2 atom stereocenters. The van der Waals surface area contributed by atoms with Gasteiger partial charge in [-0.3, -0.25) is 10.1 Å². The van der Waals surface area contributed by atoms with E-state index < -0.39 is 0 Å². The molecule has 1 saturated carbocycles. The molecule has 0 aliphatic heterocycles. The van der Waals surface area contributed by atoms with E-state index in [4.69, 9.17) is 5.73 Å². The first-order valence-electron chi connectivity index (χ1n) is 5.85. The zero-order valence-corrected chi connectivity index (χ0v) is 10.4. The fraction of sp³-hybridized carbons (Fsp3) is 0.538. The summed E-state index contributed by atoms with van der Waals surface area (Å²) in [6, 6.07) is 5.54. The molecule has 17 heavy (non-hydrogen) atoms. The summed E-state index contributed by atoms with van der Waals surface area (Å²) in [5.74, 6) is 0.566. The summed E-state index contributed by atoms with van der Waals surface area (Å²) in [5.41, 5.74) is 7.64. The number of benzene rings is 1. The molecule has 1 aromatic rings. The van der Waals surface area contributed by atoms with Gasteiger partial charge in [0.25, 0.3) is 5.69 Å². The van der Waals surface area contributed by atoms with Crippen LogP contribution < -0.4 is 5.73 Å². The van der Waals surface area contributed by atoms with Crippen LogP contribution in [0.25, 0.3) is 0 Å². The van der Waals surface area contributed by atoms with Gasteiger partial charge < -0.3 is 5.73 Å². The fourth-order valence-electron chi connectivity index (χ4n) is 2.98. The van der Waals surface area contributed by atoms with Crippen molar-refractivity contribution in [3.63, 3.8) is 0 Å². The molecule has 0 amide bonds. The van der Waals surface area contributed by atoms with E-state index in [1.807, 2.05) is 12.1 Å². The molecule has 4 heteroatoms. The second-order valence-corrected chi connectivity index (χ2v) is 5.41. The topological polar surface area (TPSA) is 69.2 Å². The highest BCUT2D eigenvalue weighted by Crippen LogP contribution is 2.65. The molecule has 0 heterocycles. The maximum atomic E-state index is 11.2. The lowest BCUT2D eigenvalue weighted by Gasteiger charge is -2.06. The molecular weight excluding hydrogens is 216 g/mol. The molecule has 0 saturated heterocycles. The lowest BCUT2D eigenvalue weighted by atomic mass is 9.99. The van der Waals surface area contributed by atoms with Gasteiger partial charge in [0.05, 0.1) is 4.92 Å². The van der Waals surface area contributed by atoms with Crippen molar-refractivity contribution >= 4 is 5.69 Å². The summed E-state index contributed by atoms with van der Waals surface area (Å²) in [7, 11) is 0. The Balaban J connectivity index is 2.48. The van der Waals surface area contributed by atoms with Gasteiger partial charge in [0, 0.05) is 17.0 Å². The van der Waals surface area contributed by atoms with Crippen LogP contribution in [0.5, 0.6) is 0 Å². The number of nitro benzene ring substituents is 1. The van der Waals surface area contributed by atoms with E-state index in [-0.39, 0.29) is 21.9 Å². The molecule has 4 nitrogen and oxygen atoms in total. The minimum absolute atomic E-state index is 0.0767. The Hall–Kier alpha value is -1.42. The maximum absolute atomic E-state index is 11.2. The number of para-hydroxylation sites is 1. The van der Waals surface area contributed by atoms with Crippen LogP contribution in [0.4, 0.5) is 5.69 Å². The van der Waals surface area contributed by atoms with Crippen molar-refractivity contribution in [1.29, 1.82) is 0 Å². The molecule has 1 fully saturated rings. The van der Waals surface area contributed by atoms with Gasteiger partial charge in [-0.2, -0.15) is 0 Å². The summed E-state index contributed by atoms with van der Waals surface area (Å²) in [6.45, 7) is 6.62. The molecule has 1 aromatic carbocycles. The van der Waals surface area contributed by atoms with Crippen molar-refractivity contribution in [2.45, 2.75) is 26.7 Å². The van der Waals surface area contributed by atoms with Gasteiger partial charge in [0.15, 0.2) is 0 Å². The maximum Gasteiger partial charge on any atom is 0.275 e. The highest BCUT2D eigenvalue weighted by atomic mass is 16.6. The van der Waals surface area contributed by atoms with Crippen LogP contribution in [0.3, 0.4) is 0 Å². The van der Waals surface area contributed by atoms with Gasteiger partial charge in [-0.25, -0.2) is 0 Å². The van der Waals surface area contributed by atoms with E-state index in [1.54, 1.807) is 13.0 Å². The van der Waals surface area contributed by atoms with E-state index >= 15 is 0 Å². The van der Waals surface area contributed by atoms with Crippen LogP contribution in [-0.2, 0) is 0 Å². The van der Waals surface area contributed by atoms with Crippen LogP contribution in [0.15, 0.2) is 18.2 Å². The highest BCUT2D eigenvalue weighted by Gasteiger charge is 2.59. The lowest BCUT2D eigenvalue weighted by molar-refractivity contribution is -0.386. The quantitative estimate of drug-likeness (QED) is 0.645. The van der Waals surface area contributed by atoms with Gasteiger partial charge in [-0.1, -0.05) is 32.0 Å². The third-order valence-corrected chi connectivity index (χ3v) is 4.09. The minimum Gasteiger partial charge on any atom is -0.330 e.